The van der Waals surface area contributed by atoms with Gasteiger partial charge in [-0.1, -0.05) is 30.3 Å². The molecule has 0 fully saturated rings. The summed E-state index contributed by atoms with van der Waals surface area (Å²) in [6.45, 7) is 2.23. The Labute approximate surface area is 170 Å². The normalized spacial score (nSPS) is 13.6. The number of hydrogen-bond acceptors (Lipinski definition) is 4. The highest BCUT2D eigenvalue weighted by molar-refractivity contribution is 6.03. The summed E-state index contributed by atoms with van der Waals surface area (Å²) in [5.74, 6) is -0.506. The predicted octanol–water partition coefficient (Wildman–Crippen LogP) is 3.80. The average molecular weight is 389 g/mol. The standard InChI is InChI=1S/C23H21N3O3.H2/c1-16-9-10-18(12-19(16)20-7-4-5-11-24-20)25-22(27)13-26-21-8-3-2-6-17(21)14-29-15-23(26)28;/h2-12H,13-15H2,1H3,(H,25,27);1H. The van der Waals surface area contributed by atoms with Crippen molar-refractivity contribution < 1.29 is 15.8 Å². The number of aryl methyl sites for hydroxylation is 1. The van der Waals surface area contributed by atoms with E-state index < -0.39 is 0 Å². The van der Waals surface area contributed by atoms with Crippen molar-refractivity contribution >= 4 is 23.2 Å². The van der Waals surface area contributed by atoms with Crippen molar-refractivity contribution in [2.75, 3.05) is 23.4 Å². The van der Waals surface area contributed by atoms with Crippen LogP contribution < -0.4 is 10.2 Å². The second kappa shape index (κ2) is 8.24. The number of para-hydroxylation sites is 1. The number of amides is 2. The lowest BCUT2D eigenvalue weighted by Gasteiger charge is -2.22. The van der Waals surface area contributed by atoms with E-state index >= 15 is 0 Å². The first-order valence-corrected chi connectivity index (χ1v) is 9.40. The molecule has 3 aromatic rings. The Balaban J connectivity index is 0.00000256. The Kier molecular flexibility index (Phi) is 5.35. The highest BCUT2D eigenvalue weighted by atomic mass is 16.5. The van der Waals surface area contributed by atoms with Crippen LogP contribution in [0.4, 0.5) is 11.4 Å². The van der Waals surface area contributed by atoms with Crippen molar-refractivity contribution in [3.8, 4) is 11.3 Å². The summed E-state index contributed by atoms with van der Waals surface area (Å²) in [7, 11) is 0. The van der Waals surface area contributed by atoms with Crippen molar-refractivity contribution in [1.82, 2.24) is 4.98 Å². The summed E-state index contributed by atoms with van der Waals surface area (Å²) in [4.78, 5) is 31.0. The number of fused-ring (bicyclic) bond motifs is 1. The van der Waals surface area contributed by atoms with Crippen LogP contribution in [0.5, 0.6) is 0 Å². The molecule has 1 N–H and O–H groups in total. The number of ether oxygens (including phenoxy) is 1. The van der Waals surface area contributed by atoms with Crippen LogP contribution in [0.2, 0.25) is 0 Å². The zero-order valence-electron chi connectivity index (χ0n) is 16.1. The molecule has 2 aromatic carbocycles. The Morgan fingerprint density at radius 3 is 2.79 bits per heavy atom. The molecule has 0 saturated heterocycles. The SMILES string of the molecule is Cc1ccc(NC(=O)CN2C(=O)COCc3ccccc32)cc1-c1ccccn1.[HH]. The van der Waals surface area contributed by atoms with Gasteiger partial charge in [-0.05, 0) is 42.8 Å². The smallest absolute Gasteiger partial charge is 0.253 e. The third-order valence-corrected chi connectivity index (χ3v) is 4.83. The van der Waals surface area contributed by atoms with Gasteiger partial charge in [-0.15, -0.1) is 0 Å². The number of anilines is 2. The van der Waals surface area contributed by atoms with Crippen LogP contribution in [-0.2, 0) is 20.9 Å². The number of aromatic nitrogens is 1. The molecular formula is C23H23N3O3. The van der Waals surface area contributed by atoms with Crippen LogP contribution in [0.1, 0.15) is 12.6 Å². The van der Waals surface area contributed by atoms with Crippen molar-refractivity contribution in [3.63, 3.8) is 0 Å². The van der Waals surface area contributed by atoms with E-state index in [4.69, 9.17) is 4.74 Å². The van der Waals surface area contributed by atoms with E-state index in [0.717, 1.165) is 22.4 Å². The summed E-state index contributed by atoms with van der Waals surface area (Å²) < 4.78 is 5.41. The van der Waals surface area contributed by atoms with Gasteiger partial charge in [-0.2, -0.15) is 0 Å². The van der Waals surface area contributed by atoms with Crippen LogP contribution in [0.3, 0.4) is 0 Å². The fourth-order valence-corrected chi connectivity index (χ4v) is 3.37. The third kappa shape index (κ3) is 4.17. The third-order valence-electron chi connectivity index (χ3n) is 4.83. The van der Waals surface area contributed by atoms with Crippen molar-refractivity contribution in [3.05, 3.63) is 78.0 Å². The number of hydrogen-bond donors (Lipinski definition) is 1. The molecule has 0 saturated carbocycles. The van der Waals surface area contributed by atoms with E-state index in [0.29, 0.717) is 18.0 Å². The van der Waals surface area contributed by atoms with Gasteiger partial charge in [0.2, 0.25) is 5.91 Å². The van der Waals surface area contributed by atoms with Gasteiger partial charge in [-0.25, -0.2) is 0 Å². The quantitative estimate of drug-likeness (QED) is 0.737. The second-order valence-corrected chi connectivity index (χ2v) is 6.89. The second-order valence-electron chi connectivity index (χ2n) is 6.89. The minimum absolute atomic E-state index is 0. The number of nitrogens with one attached hydrogen (secondary N) is 1. The molecule has 0 bridgehead atoms. The first-order chi connectivity index (χ1) is 14.1. The maximum atomic E-state index is 12.7. The highest BCUT2D eigenvalue weighted by Crippen LogP contribution is 2.26. The molecule has 2 amide bonds. The van der Waals surface area contributed by atoms with Gasteiger partial charge in [0, 0.05) is 30.1 Å². The molecule has 1 aliphatic heterocycles. The summed E-state index contributed by atoms with van der Waals surface area (Å²) in [6.07, 6.45) is 1.74. The molecule has 2 heterocycles. The van der Waals surface area contributed by atoms with Crippen molar-refractivity contribution in [1.29, 1.82) is 0 Å². The van der Waals surface area contributed by atoms with Gasteiger partial charge in [-0.3, -0.25) is 14.6 Å². The van der Waals surface area contributed by atoms with Crippen LogP contribution >= 0.6 is 0 Å². The molecule has 6 nitrogen and oxygen atoms in total. The molecule has 148 valence electrons. The van der Waals surface area contributed by atoms with Crippen LogP contribution in [0, 0.1) is 6.92 Å². The molecule has 29 heavy (non-hydrogen) atoms. The lowest BCUT2D eigenvalue weighted by atomic mass is 10.0. The summed E-state index contributed by atoms with van der Waals surface area (Å²) in [5, 5.41) is 2.90. The molecule has 6 heteroatoms. The first kappa shape index (κ1) is 18.8. The van der Waals surface area contributed by atoms with E-state index in [2.05, 4.69) is 10.3 Å². The first-order valence-electron chi connectivity index (χ1n) is 9.40. The number of benzene rings is 2. The topological polar surface area (TPSA) is 71.5 Å². The molecule has 0 unspecified atom stereocenters. The predicted molar refractivity (Wildman–Crippen MR) is 114 cm³/mol. The van der Waals surface area contributed by atoms with E-state index in [1.54, 1.807) is 6.20 Å². The Hall–Kier alpha value is -3.51. The van der Waals surface area contributed by atoms with Crippen molar-refractivity contribution in [2.24, 2.45) is 0 Å². The van der Waals surface area contributed by atoms with Gasteiger partial charge in [0.25, 0.3) is 5.91 Å². The molecule has 0 atom stereocenters. The van der Waals surface area contributed by atoms with Crippen LogP contribution in [0.15, 0.2) is 66.9 Å². The maximum Gasteiger partial charge on any atom is 0.253 e. The minimum Gasteiger partial charge on any atom is -0.367 e. The molecule has 0 spiro atoms. The lowest BCUT2D eigenvalue weighted by molar-refractivity contribution is -0.124. The van der Waals surface area contributed by atoms with Crippen LogP contribution in [-0.4, -0.2) is 29.9 Å². The van der Waals surface area contributed by atoms with E-state index in [1.165, 1.54) is 4.90 Å². The molecule has 4 rings (SSSR count). The zero-order valence-corrected chi connectivity index (χ0v) is 16.1. The lowest BCUT2D eigenvalue weighted by Crippen LogP contribution is -2.39. The monoisotopic (exact) mass is 389 g/mol. The average Bonchev–Trinajstić information content (AvgIpc) is 2.89. The van der Waals surface area contributed by atoms with Crippen LogP contribution in [0.25, 0.3) is 11.3 Å². The van der Waals surface area contributed by atoms with Gasteiger partial charge in [0.05, 0.1) is 12.3 Å². The van der Waals surface area contributed by atoms with E-state index in [9.17, 15) is 9.59 Å². The Bertz CT molecular complexity index is 1060. The van der Waals surface area contributed by atoms with Gasteiger partial charge in [0.1, 0.15) is 13.2 Å². The van der Waals surface area contributed by atoms with Gasteiger partial charge >= 0.3 is 0 Å². The summed E-state index contributed by atoms with van der Waals surface area (Å²) >= 11 is 0. The summed E-state index contributed by atoms with van der Waals surface area (Å²) in [6, 6.07) is 18.9. The highest BCUT2D eigenvalue weighted by Gasteiger charge is 2.24. The number of rotatable bonds is 4. The largest absolute Gasteiger partial charge is 0.367 e. The minimum atomic E-state index is -0.272. The van der Waals surface area contributed by atoms with Crippen molar-refractivity contribution in [2.45, 2.75) is 13.5 Å². The molecule has 0 radical (unpaired) electrons. The zero-order chi connectivity index (χ0) is 20.2. The molecule has 0 aliphatic carbocycles. The number of carbonyl (C=O) groups is 2. The van der Waals surface area contributed by atoms with E-state index in [1.807, 2.05) is 67.6 Å². The Morgan fingerprint density at radius 1 is 1.14 bits per heavy atom. The number of nitrogens with zero attached hydrogens (tertiary/aromatic N) is 2. The maximum absolute atomic E-state index is 12.7. The molecule has 1 aliphatic rings. The number of pyridine rings is 1. The van der Waals surface area contributed by atoms with Gasteiger partial charge in [0.15, 0.2) is 0 Å². The van der Waals surface area contributed by atoms with Gasteiger partial charge < -0.3 is 15.0 Å². The fraction of sp³-hybridized carbons (Fsp3) is 0.174. The summed E-state index contributed by atoms with van der Waals surface area (Å²) in [5.41, 5.74) is 5.12. The number of carbonyl (C=O) groups excluding carboxylic acids is 2. The Morgan fingerprint density at radius 2 is 1.97 bits per heavy atom. The molecular weight excluding hydrogens is 366 g/mol. The van der Waals surface area contributed by atoms with E-state index in [-0.39, 0.29) is 26.4 Å². The fourth-order valence-electron chi connectivity index (χ4n) is 3.37. The molecule has 1 aromatic heterocycles.